The summed E-state index contributed by atoms with van der Waals surface area (Å²) >= 11 is 0. The second kappa shape index (κ2) is 27.8. The summed E-state index contributed by atoms with van der Waals surface area (Å²) in [7, 11) is 0. The fourth-order valence-electron chi connectivity index (χ4n) is 3.49. The predicted octanol–water partition coefficient (Wildman–Crippen LogP) is 5.58. The van der Waals surface area contributed by atoms with Crippen LogP contribution in [0.3, 0.4) is 0 Å². The second-order valence-corrected chi connectivity index (χ2v) is 7.05. The van der Waals surface area contributed by atoms with E-state index in [1.165, 1.54) is 63.1 Å². The molecule has 2 heterocycles. The lowest BCUT2D eigenvalue weighted by molar-refractivity contribution is -0.147. The van der Waals surface area contributed by atoms with Gasteiger partial charge in [-0.25, -0.2) is 5.43 Å². The minimum absolute atomic E-state index is 0.159. The number of rotatable bonds is 4. The van der Waals surface area contributed by atoms with Crippen molar-refractivity contribution in [2.75, 3.05) is 19.8 Å². The van der Waals surface area contributed by atoms with Crippen LogP contribution in [0.4, 0.5) is 0 Å². The number of amides is 1. The molecule has 1 aliphatic carbocycles. The van der Waals surface area contributed by atoms with Gasteiger partial charge in [0.25, 0.3) is 12.4 Å². The van der Waals surface area contributed by atoms with Crippen LogP contribution in [-0.2, 0) is 23.9 Å². The summed E-state index contributed by atoms with van der Waals surface area (Å²) in [5, 5.41) is 1.42. The Balaban J connectivity index is -0.000000480. The number of hydrogen-bond acceptors (Lipinski definition) is 7. The highest BCUT2D eigenvalue weighted by Crippen LogP contribution is 2.24. The first kappa shape index (κ1) is 37.1. The van der Waals surface area contributed by atoms with Crippen LogP contribution in [0.5, 0.6) is 0 Å². The molecule has 0 aromatic rings. The van der Waals surface area contributed by atoms with Crippen molar-refractivity contribution in [1.29, 1.82) is 0 Å². The number of hydrogen-bond donors (Lipinski definition) is 1. The van der Waals surface area contributed by atoms with Crippen molar-refractivity contribution >= 4 is 18.7 Å². The Morgan fingerprint density at radius 2 is 1.63 bits per heavy atom. The maximum atomic E-state index is 11.9. The third-order valence-electron chi connectivity index (χ3n) is 5.11. The molecule has 3 rings (SSSR count). The molecule has 8 heteroatoms. The molecule has 8 nitrogen and oxygen atoms in total. The average Bonchev–Trinajstić information content (AvgIpc) is 3.21. The van der Waals surface area contributed by atoms with Gasteiger partial charge in [0, 0.05) is 6.54 Å². The van der Waals surface area contributed by atoms with E-state index in [4.69, 9.17) is 9.53 Å². The molecule has 35 heavy (non-hydrogen) atoms. The fourth-order valence-corrected chi connectivity index (χ4v) is 3.49. The van der Waals surface area contributed by atoms with Crippen LogP contribution >= 0.6 is 0 Å². The monoisotopic (exact) mass is 497 g/mol. The van der Waals surface area contributed by atoms with Gasteiger partial charge in [-0.1, -0.05) is 86.1 Å². The topological polar surface area (TPSA) is 88.2 Å². The molecule has 0 aromatic carbocycles. The SMILES string of the molecule is C=C.C=C1C(=O)N2CCOCC2NN1/C=C\OC=O.CC.CC.CC=O.CCC1CCCCCC1. The highest BCUT2D eigenvalue weighted by atomic mass is 16.5. The van der Waals surface area contributed by atoms with Gasteiger partial charge in [-0.05, 0) is 12.8 Å². The minimum Gasteiger partial charge on any atom is -0.435 e. The molecule has 1 saturated carbocycles. The van der Waals surface area contributed by atoms with E-state index in [1.807, 2.05) is 27.7 Å². The second-order valence-electron chi connectivity index (χ2n) is 7.05. The first-order valence-corrected chi connectivity index (χ1v) is 12.9. The maximum absolute atomic E-state index is 11.9. The van der Waals surface area contributed by atoms with E-state index in [-0.39, 0.29) is 17.8 Å². The van der Waals surface area contributed by atoms with Crippen LogP contribution in [0, 0.1) is 5.92 Å². The molecule has 1 amide bonds. The number of carbonyl (C=O) groups excluding carboxylic acids is 3. The van der Waals surface area contributed by atoms with Crippen LogP contribution in [-0.4, -0.2) is 54.5 Å². The van der Waals surface area contributed by atoms with E-state index in [2.05, 4.69) is 36.8 Å². The molecule has 2 saturated heterocycles. The zero-order valence-corrected chi connectivity index (χ0v) is 23.1. The van der Waals surface area contributed by atoms with Gasteiger partial charge in [-0.15, -0.1) is 13.2 Å². The third kappa shape index (κ3) is 16.8. The highest BCUT2D eigenvalue weighted by molar-refractivity contribution is 5.93. The summed E-state index contributed by atoms with van der Waals surface area (Å²) in [5.74, 6) is 0.917. The molecule has 2 aliphatic heterocycles. The van der Waals surface area contributed by atoms with Crippen LogP contribution in [0.15, 0.2) is 37.9 Å². The largest absolute Gasteiger partial charge is 0.435 e. The molecule has 204 valence electrons. The standard InChI is InChI=1S/C10H13N3O4.C9H18.C2H4O.2C2H6.C2H4/c1-8-10(15)12-2-4-16-6-9(12)11-13(8)3-5-17-7-14;1-2-9-7-5-3-4-6-8-9;1-2-3;3*1-2/h3,5,7,9,11H,1-2,4,6H2;9H,2-8H2,1H3;2H,1H3;2*1-2H3;1-2H2/b5-3-;;;;;. The molecule has 1 N–H and O–H groups in total. The summed E-state index contributed by atoms with van der Waals surface area (Å²) in [4.78, 5) is 32.4. The van der Waals surface area contributed by atoms with Crippen molar-refractivity contribution < 1.29 is 23.9 Å². The zero-order chi connectivity index (χ0) is 27.5. The number of nitrogens with zero attached hydrogens (tertiary/aromatic N) is 2. The Bertz CT molecular complexity index is 561. The Morgan fingerprint density at radius 3 is 2.11 bits per heavy atom. The number of fused-ring (bicyclic) bond motifs is 1. The molecule has 0 spiro atoms. The number of nitrogens with one attached hydrogen (secondary N) is 1. The van der Waals surface area contributed by atoms with Crippen LogP contribution in [0.2, 0.25) is 0 Å². The fraction of sp³-hybridized carbons (Fsp3) is 0.667. The van der Waals surface area contributed by atoms with Crippen molar-refractivity contribution in [1.82, 2.24) is 15.3 Å². The summed E-state index contributed by atoms with van der Waals surface area (Å²) in [6.45, 7) is 23.2. The van der Waals surface area contributed by atoms with E-state index < -0.39 is 0 Å². The first-order valence-electron chi connectivity index (χ1n) is 12.9. The van der Waals surface area contributed by atoms with Crippen molar-refractivity contribution in [3.05, 3.63) is 37.9 Å². The lowest BCUT2D eigenvalue weighted by atomic mass is 9.98. The van der Waals surface area contributed by atoms with Gasteiger partial charge in [-0.2, -0.15) is 0 Å². The molecule has 0 bridgehead atoms. The molecule has 3 aliphatic rings. The smallest absolute Gasteiger partial charge is 0.297 e. The number of carbonyl (C=O) groups is 3. The van der Waals surface area contributed by atoms with E-state index >= 15 is 0 Å². The van der Waals surface area contributed by atoms with Crippen LogP contribution in [0.1, 0.15) is 86.5 Å². The molecule has 3 fully saturated rings. The summed E-state index contributed by atoms with van der Waals surface area (Å²) in [6.07, 6.45) is 13.5. The molecule has 1 atom stereocenters. The Hall–Kier alpha value is -2.45. The molecular formula is C27H51N3O5. The number of hydrazine groups is 1. The van der Waals surface area contributed by atoms with Crippen molar-refractivity contribution in [2.24, 2.45) is 5.92 Å². The Labute approximate surface area is 214 Å². The first-order chi connectivity index (χ1) is 17.1. The van der Waals surface area contributed by atoms with E-state index in [1.54, 1.807) is 4.90 Å². The van der Waals surface area contributed by atoms with E-state index in [0.717, 1.165) is 18.5 Å². The van der Waals surface area contributed by atoms with E-state index in [0.29, 0.717) is 26.2 Å². The average molecular weight is 498 g/mol. The molecular weight excluding hydrogens is 446 g/mol. The predicted molar refractivity (Wildman–Crippen MR) is 144 cm³/mol. The minimum atomic E-state index is -0.220. The van der Waals surface area contributed by atoms with Crippen LogP contribution in [0.25, 0.3) is 0 Å². The summed E-state index contributed by atoms with van der Waals surface area (Å²) in [5.41, 5.74) is 3.30. The van der Waals surface area contributed by atoms with Gasteiger partial charge in [-0.3, -0.25) is 14.6 Å². The van der Waals surface area contributed by atoms with Gasteiger partial charge < -0.3 is 19.2 Å². The quantitative estimate of drug-likeness (QED) is 0.178. The third-order valence-corrected chi connectivity index (χ3v) is 5.11. The lowest BCUT2D eigenvalue weighted by Crippen LogP contribution is -2.64. The van der Waals surface area contributed by atoms with Gasteiger partial charge >= 0.3 is 0 Å². The molecule has 1 unspecified atom stereocenters. The normalized spacial score (nSPS) is 19.1. The van der Waals surface area contributed by atoms with Gasteiger partial charge in [0.1, 0.15) is 24.4 Å². The Morgan fingerprint density at radius 1 is 1.09 bits per heavy atom. The van der Waals surface area contributed by atoms with Gasteiger partial charge in [0.2, 0.25) is 0 Å². The summed E-state index contributed by atoms with van der Waals surface area (Å²) in [6, 6.07) is 0. The van der Waals surface area contributed by atoms with Gasteiger partial charge in [0.05, 0.1) is 19.4 Å². The zero-order valence-electron chi connectivity index (χ0n) is 23.1. The van der Waals surface area contributed by atoms with Crippen LogP contribution < -0.4 is 5.43 Å². The lowest BCUT2D eigenvalue weighted by Gasteiger charge is -2.44. The summed E-state index contributed by atoms with van der Waals surface area (Å²) < 4.78 is 9.69. The Kier molecular flexibility index (Phi) is 29.5. The van der Waals surface area contributed by atoms with Crippen molar-refractivity contribution in [3.63, 3.8) is 0 Å². The number of morpholine rings is 1. The van der Waals surface area contributed by atoms with Gasteiger partial charge in [0.15, 0.2) is 0 Å². The highest BCUT2D eigenvalue weighted by Gasteiger charge is 2.36. The van der Waals surface area contributed by atoms with Crippen molar-refractivity contribution in [3.8, 4) is 0 Å². The number of ether oxygens (including phenoxy) is 2. The number of aldehydes is 1. The maximum Gasteiger partial charge on any atom is 0.297 e. The van der Waals surface area contributed by atoms with E-state index in [9.17, 15) is 9.59 Å². The molecule has 0 aromatic heterocycles. The molecule has 0 radical (unpaired) electrons. The van der Waals surface area contributed by atoms with Crippen molar-refractivity contribution in [2.45, 2.75) is 92.7 Å².